The van der Waals surface area contributed by atoms with E-state index in [0.29, 0.717) is 5.75 Å². The lowest BCUT2D eigenvalue weighted by atomic mass is 10.2. The Morgan fingerprint density at radius 1 is 1.38 bits per heavy atom. The van der Waals surface area contributed by atoms with Crippen LogP contribution in [-0.4, -0.2) is 5.11 Å². The van der Waals surface area contributed by atoms with Gasteiger partial charge in [0.25, 0.3) is 0 Å². The fraction of sp³-hybridized carbons (Fsp3) is 0.167. The van der Waals surface area contributed by atoms with Crippen LogP contribution in [0.3, 0.4) is 0 Å². The first kappa shape index (κ1) is 11.5. The summed E-state index contributed by atoms with van der Waals surface area (Å²) in [6, 6.07) is 7.45. The summed E-state index contributed by atoms with van der Waals surface area (Å²) >= 11 is 5.15. The van der Waals surface area contributed by atoms with Crippen molar-refractivity contribution in [3.05, 3.63) is 44.6 Å². The van der Waals surface area contributed by atoms with E-state index in [4.69, 9.17) is 0 Å². The molecule has 84 valence electrons. The number of aromatic hydroxyl groups is 1. The molecule has 0 radical (unpaired) electrons. The summed E-state index contributed by atoms with van der Waals surface area (Å²) < 4.78 is 1.12. The van der Waals surface area contributed by atoms with E-state index >= 15 is 0 Å². The molecule has 1 aromatic carbocycles. The summed E-state index contributed by atoms with van der Waals surface area (Å²) in [5.41, 5.74) is 2.11. The van der Waals surface area contributed by atoms with Gasteiger partial charge in [0.2, 0.25) is 0 Å². The minimum atomic E-state index is 0.307. The van der Waals surface area contributed by atoms with Crippen molar-refractivity contribution in [3.8, 4) is 5.75 Å². The number of rotatable bonds is 3. The molecule has 0 saturated heterocycles. The second kappa shape index (κ2) is 4.89. The van der Waals surface area contributed by atoms with Crippen molar-refractivity contribution in [2.75, 3.05) is 5.32 Å². The predicted octanol–water partition coefficient (Wildman–Crippen LogP) is 4.14. The Hall–Kier alpha value is -1.000. The summed E-state index contributed by atoms with van der Waals surface area (Å²) in [5, 5.41) is 14.7. The molecule has 1 heterocycles. The number of hydrogen-bond donors (Lipinski definition) is 2. The minimum Gasteiger partial charge on any atom is -0.508 e. The van der Waals surface area contributed by atoms with E-state index in [2.05, 4.69) is 32.7 Å². The lowest BCUT2D eigenvalue weighted by Crippen LogP contribution is -1.98. The average molecular weight is 298 g/mol. The highest BCUT2D eigenvalue weighted by Crippen LogP contribution is 2.23. The Labute approximate surface area is 107 Å². The van der Waals surface area contributed by atoms with Gasteiger partial charge in [-0.05, 0) is 52.7 Å². The van der Waals surface area contributed by atoms with Crippen LogP contribution in [0.2, 0.25) is 0 Å². The van der Waals surface area contributed by atoms with E-state index in [0.717, 1.165) is 22.3 Å². The Kier molecular flexibility index (Phi) is 3.51. The zero-order chi connectivity index (χ0) is 11.5. The zero-order valence-electron chi connectivity index (χ0n) is 8.83. The van der Waals surface area contributed by atoms with Crippen molar-refractivity contribution in [3.63, 3.8) is 0 Å². The maximum Gasteiger partial charge on any atom is 0.115 e. The lowest BCUT2D eigenvalue weighted by Gasteiger charge is -2.08. The van der Waals surface area contributed by atoms with E-state index in [1.54, 1.807) is 23.5 Å². The van der Waals surface area contributed by atoms with Crippen LogP contribution in [0, 0.1) is 6.92 Å². The number of thiophene rings is 1. The molecule has 0 atom stereocenters. The monoisotopic (exact) mass is 297 g/mol. The van der Waals surface area contributed by atoms with E-state index in [-0.39, 0.29) is 0 Å². The van der Waals surface area contributed by atoms with Gasteiger partial charge in [-0.2, -0.15) is 0 Å². The summed E-state index contributed by atoms with van der Waals surface area (Å²) in [5.74, 6) is 0.307. The average Bonchev–Trinajstić information content (AvgIpc) is 2.63. The third-order valence-corrected chi connectivity index (χ3v) is 3.98. The van der Waals surface area contributed by atoms with Crippen molar-refractivity contribution in [1.29, 1.82) is 0 Å². The molecule has 1 aromatic heterocycles. The first-order valence-corrected chi connectivity index (χ1v) is 6.59. The second-order valence-corrected chi connectivity index (χ2v) is 5.50. The summed E-state index contributed by atoms with van der Waals surface area (Å²) in [4.78, 5) is 1.28. The topological polar surface area (TPSA) is 32.3 Å². The number of phenolic OH excluding ortho intramolecular Hbond substituents is 1. The standard InChI is InChI=1S/C12H12BrNOS/c1-8-4-10(15)2-3-12(8)14-6-11-5-9(13)7-16-11/h2-5,7,14-15H,6H2,1H3. The molecule has 2 aromatic rings. The Morgan fingerprint density at radius 2 is 2.19 bits per heavy atom. The summed E-state index contributed by atoms with van der Waals surface area (Å²) in [6.45, 7) is 2.79. The van der Waals surface area contributed by atoms with Crippen LogP contribution in [0.25, 0.3) is 0 Å². The fourth-order valence-electron chi connectivity index (χ4n) is 1.48. The third-order valence-electron chi connectivity index (χ3n) is 2.28. The maximum absolute atomic E-state index is 9.29. The van der Waals surface area contributed by atoms with Gasteiger partial charge in [-0.3, -0.25) is 0 Å². The number of phenols is 1. The molecule has 0 unspecified atom stereocenters. The highest BCUT2D eigenvalue weighted by Gasteiger charge is 2.01. The molecule has 0 bridgehead atoms. The molecule has 16 heavy (non-hydrogen) atoms. The molecule has 0 spiro atoms. The molecule has 2 nitrogen and oxygen atoms in total. The van der Waals surface area contributed by atoms with E-state index in [9.17, 15) is 5.11 Å². The molecular formula is C12H12BrNOS. The molecule has 0 amide bonds. The molecule has 0 fully saturated rings. The van der Waals surface area contributed by atoms with Crippen LogP contribution >= 0.6 is 27.3 Å². The third kappa shape index (κ3) is 2.77. The highest BCUT2D eigenvalue weighted by molar-refractivity contribution is 9.10. The quantitative estimate of drug-likeness (QED) is 0.835. The molecule has 0 aliphatic rings. The predicted molar refractivity (Wildman–Crippen MR) is 72.2 cm³/mol. The molecule has 4 heteroatoms. The first-order valence-electron chi connectivity index (χ1n) is 4.91. The van der Waals surface area contributed by atoms with Crippen LogP contribution < -0.4 is 5.32 Å². The van der Waals surface area contributed by atoms with Crippen molar-refractivity contribution in [2.45, 2.75) is 13.5 Å². The van der Waals surface area contributed by atoms with E-state index in [1.165, 1.54) is 4.88 Å². The van der Waals surface area contributed by atoms with Gasteiger partial charge in [0.1, 0.15) is 5.75 Å². The van der Waals surface area contributed by atoms with Crippen LogP contribution in [0.4, 0.5) is 5.69 Å². The van der Waals surface area contributed by atoms with Crippen molar-refractivity contribution in [1.82, 2.24) is 0 Å². The minimum absolute atomic E-state index is 0.307. The number of halogens is 1. The Balaban J connectivity index is 2.04. The highest BCUT2D eigenvalue weighted by atomic mass is 79.9. The van der Waals surface area contributed by atoms with Crippen LogP contribution in [0.15, 0.2) is 34.1 Å². The van der Waals surface area contributed by atoms with Gasteiger partial charge >= 0.3 is 0 Å². The SMILES string of the molecule is Cc1cc(O)ccc1NCc1cc(Br)cs1. The van der Waals surface area contributed by atoms with Gasteiger partial charge in [-0.15, -0.1) is 11.3 Å². The Morgan fingerprint density at radius 3 is 2.81 bits per heavy atom. The van der Waals surface area contributed by atoms with Crippen LogP contribution in [0.1, 0.15) is 10.4 Å². The van der Waals surface area contributed by atoms with Gasteiger partial charge in [0, 0.05) is 27.0 Å². The zero-order valence-corrected chi connectivity index (χ0v) is 11.2. The Bertz CT molecular complexity index is 496. The van der Waals surface area contributed by atoms with E-state index in [1.807, 2.05) is 13.0 Å². The van der Waals surface area contributed by atoms with E-state index < -0.39 is 0 Å². The number of hydrogen-bond acceptors (Lipinski definition) is 3. The van der Waals surface area contributed by atoms with Gasteiger partial charge < -0.3 is 10.4 Å². The lowest BCUT2D eigenvalue weighted by molar-refractivity contribution is 0.475. The van der Waals surface area contributed by atoms with Crippen LogP contribution in [-0.2, 0) is 6.54 Å². The van der Waals surface area contributed by atoms with Gasteiger partial charge in [-0.25, -0.2) is 0 Å². The number of anilines is 1. The van der Waals surface area contributed by atoms with Crippen molar-refractivity contribution < 1.29 is 5.11 Å². The number of nitrogens with one attached hydrogen (secondary N) is 1. The van der Waals surface area contributed by atoms with Crippen molar-refractivity contribution >= 4 is 33.0 Å². The molecule has 0 saturated carbocycles. The maximum atomic E-state index is 9.29. The molecule has 0 aliphatic carbocycles. The normalized spacial score (nSPS) is 10.4. The number of benzene rings is 1. The second-order valence-electron chi connectivity index (χ2n) is 3.58. The molecule has 0 aliphatic heterocycles. The fourth-order valence-corrected chi connectivity index (χ4v) is 2.87. The van der Waals surface area contributed by atoms with Crippen LogP contribution in [0.5, 0.6) is 5.75 Å². The number of aryl methyl sites for hydroxylation is 1. The molecular weight excluding hydrogens is 286 g/mol. The van der Waals surface area contributed by atoms with Gasteiger partial charge in [-0.1, -0.05) is 0 Å². The largest absolute Gasteiger partial charge is 0.508 e. The summed E-state index contributed by atoms with van der Waals surface area (Å²) in [7, 11) is 0. The smallest absolute Gasteiger partial charge is 0.115 e. The first-order chi connectivity index (χ1) is 7.65. The summed E-state index contributed by atoms with van der Waals surface area (Å²) in [6.07, 6.45) is 0. The molecule has 2 rings (SSSR count). The molecule has 2 N–H and O–H groups in total. The van der Waals surface area contributed by atoms with Gasteiger partial charge in [0.05, 0.1) is 0 Å². The van der Waals surface area contributed by atoms with Gasteiger partial charge in [0.15, 0.2) is 0 Å². The van der Waals surface area contributed by atoms with Crippen molar-refractivity contribution in [2.24, 2.45) is 0 Å².